The van der Waals surface area contributed by atoms with Crippen LogP contribution in [0.15, 0.2) is 42.6 Å². The first-order valence-electron chi connectivity index (χ1n) is 8.99. The number of amides is 2. The van der Waals surface area contributed by atoms with Gasteiger partial charge in [-0.2, -0.15) is 0 Å². The third-order valence-electron chi connectivity index (χ3n) is 4.68. The molecule has 0 radical (unpaired) electrons. The van der Waals surface area contributed by atoms with Crippen LogP contribution >= 0.6 is 0 Å². The summed E-state index contributed by atoms with van der Waals surface area (Å²) in [6, 6.07) is 11.6. The summed E-state index contributed by atoms with van der Waals surface area (Å²) < 4.78 is 0. The summed E-state index contributed by atoms with van der Waals surface area (Å²) in [7, 11) is 4.00. The minimum atomic E-state index is -0.0485. The van der Waals surface area contributed by atoms with Crippen LogP contribution in [0.2, 0.25) is 0 Å². The first-order valence-corrected chi connectivity index (χ1v) is 8.99. The summed E-state index contributed by atoms with van der Waals surface area (Å²) in [5, 5.41) is 3.24. The van der Waals surface area contributed by atoms with Crippen molar-refractivity contribution in [3.63, 3.8) is 0 Å². The highest BCUT2D eigenvalue weighted by Gasteiger charge is 2.23. The maximum atomic E-state index is 12.6. The zero-order chi connectivity index (χ0) is 19.4. The lowest BCUT2D eigenvalue weighted by Crippen LogP contribution is -2.50. The maximum absolute atomic E-state index is 12.6. The molecule has 2 aromatic rings. The highest BCUT2D eigenvalue weighted by Crippen LogP contribution is 2.19. The van der Waals surface area contributed by atoms with Gasteiger partial charge in [-0.05, 0) is 36.4 Å². The standard InChI is InChI=1S/C20H25N5O2/c1-15(26)24-10-12-25(13-11-24)20(27)16-4-9-19(21-14-16)22-17-5-7-18(8-6-17)23(2)3/h4-9,14H,10-13H2,1-3H3,(H,21,22). The van der Waals surface area contributed by atoms with Crippen LogP contribution in [-0.4, -0.2) is 66.9 Å². The average molecular weight is 367 g/mol. The van der Waals surface area contributed by atoms with E-state index in [1.54, 1.807) is 35.1 Å². The fraction of sp³-hybridized carbons (Fsp3) is 0.350. The van der Waals surface area contributed by atoms with E-state index >= 15 is 0 Å². The third kappa shape index (κ3) is 4.55. The molecule has 1 aliphatic heterocycles. The second-order valence-electron chi connectivity index (χ2n) is 6.80. The van der Waals surface area contributed by atoms with E-state index in [-0.39, 0.29) is 11.8 Å². The molecule has 0 saturated carbocycles. The first kappa shape index (κ1) is 18.7. The Bertz CT molecular complexity index is 794. The van der Waals surface area contributed by atoms with Crippen LogP contribution in [-0.2, 0) is 4.79 Å². The van der Waals surface area contributed by atoms with Gasteiger partial charge in [-0.15, -0.1) is 0 Å². The van der Waals surface area contributed by atoms with Crippen LogP contribution in [0, 0.1) is 0 Å². The Hall–Kier alpha value is -3.09. The van der Waals surface area contributed by atoms with E-state index in [4.69, 9.17) is 0 Å². The van der Waals surface area contributed by atoms with Crippen molar-refractivity contribution in [3.8, 4) is 0 Å². The van der Waals surface area contributed by atoms with Gasteiger partial charge in [-0.1, -0.05) is 0 Å². The third-order valence-corrected chi connectivity index (χ3v) is 4.68. The largest absolute Gasteiger partial charge is 0.378 e. The summed E-state index contributed by atoms with van der Waals surface area (Å²) in [5.74, 6) is 0.691. The zero-order valence-corrected chi connectivity index (χ0v) is 16.0. The van der Waals surface area contributed by atoms with Gasteiger partial charge in [0, 0.05) is 64.8 Å². The Labute approximate surface area is 159 Å². The zero-order valence-electron chi connectivity index (χ0n) is 16.0. The van der Waals surface area contributed by atoms with Crippen molar-refractivity contribution in [2.24, 2.45) is 0 Å². The number of nitrogens with one attached hydrogen (secondary N) is 1. The number of piperazine rings is 1. The van der Waals surface area contributed by atoms with E-state index in [0.29, 0.717) is 37.6 Å². The Kier molecular flexibility index (Phi) is 5.59. The fourth-order valence-corrected chi connectivity index (χ4v) is 2.99. The summed E-state index contributed by atoms with van der Waals surface area (Å²) in [6.07, 6.45) is 1.59. The highest BCUT2D eigenvalue weighted by atomic mass is 16.2. The molecule has 0 bridgehead atoms. The Morgan fingerprint density at radius 3 is 2.11 bits per heavy atom. The molecular weight excluding hydrogens is 342 g/mol. The minimum absolute atomic E-state index is 0.0485. The number of rotatable bonds is 4. The molecule has 2 heterocycles. The molecule has 1 aromatic heterocycles. The molecule has 1 aliphatic rings. The van der Waals surface area contributed by atoms with Crippen molar-refractivity contribution >= 4 is 29.0 Å². The van der Waals surface area contributed by atoms with E-state index in [1.807, 2.05) is 43.3 Å². The van der Waals surface area contributed by atoms with Crippen molar-refractivity contribution in [2.75, 3.05) is 50.5 Å². The summed E-state index contributed by atoms with van der Waals surface area (Å²) in [4.78, 5) is 33.9. The molecule has 1 N–H and O–H groups in total. The number of aromatic nitrogens is 1. The van der Waals surface area contributed by atoms with Gasteiger partial charge in [0.25, 0.3) is 5.91 Å². The number of carbonyl (C=O) groups is 2. The van der Waals surface area contributed by atoms with Crippen molar-refractivity contribution in [1.82, 2.24) is 14.8 Å². The predicted molar refractivity (Wildman–Crippen MR) is 106 cm³/mol. The number of carbonyl (C=O) groups excluding carboxylic acids is 2. The van der Waals surface area contributed by atoms with Crippen LogP contribution in [0.1, 0.15) is 17.3 Å². The number of nitrogens with zero attached hydrogens (tertiary/aromatic N) is 4. The molecule has 0 unspecified atom stereocenters. The molecule has 1 aromatic carbocycles. The number of hydrogen-bond donors (Lipinski definition) is 1. The molecule has 27 heavy (non-hydrogen) atoms. The summed E-state index contributed by atoms with van der Waals surface area (Å²) >= 11 is 0. The predicted octanol–water partition coefficient (Wildman–Crippen LogP) is 2.20. The first-order chi connectivity index (χ1) is 12.9. The second kappa shape index (κ2) is 8.07. The Balaban J connectivity index is 1.60. The number of pyridine rings is 1. The highest BCUT2D eigenvalue weighted by molar-refractivity contribution is 5.94. The van der Waals surface area contributed by atoms with Gasteiger partial charge in [0.05, 0.1) is 5.56 Å². The number of anilines is 3. The number of benzene rings is 1. The van der Waals surface area contributed by atoms with Crippen LogP contribution in [0.3, 0.4) is 0 Å². The number of hydrogen-bond acceptors (Lipinski definition) is 5. The molecule has 3 rings (SSSR count). The lowest BCUT2D eigenvalue weighted by atomic mass is 10.2. The second-order valence-corrected chi connectivity index (χ2v) is 6.80. The fourth-order valence-electron chi connectivity index (χ4n) is 2.99. The van der Waals surface area contributed by atoms with E-state index in [0.717, 1.165) is 11.4 Å². The van der Waals surface area contributed by atoms with Crippen molar-refractivity contribution in [3.05, 3.63) is 48.2 Å². The summed E-state index contributed by atoms with van der Waals surface area (Å²) in [5.41, 5.74) is 2.62. The Morgan fingerprint density at radius 2 is 1.59 bits per heavy atom. The Morgan fingerprint density at radius 1 is 0.963 bits per heavy atom. The van der Waals surface area contributed by atoms with Crippen LogP contribution < -0.4 is 10.2 Å². The molecule has 1 fully saturated rings. The minimum Gasteiger partial charge on any atom is -0.378 e. The molecule has 2 amide bonds. The molecule has 142 valence electrons. The van der Waals surface area contributed by atoms with Gasteiger partial charge >= 0.3 is 0 Å². The van der Waals surface area contributed by atoms with Gasteiger partial charge in [0.2, 0.25) is 5.91 Å². The van der Waals surface area contributed by atoms with Gasteiger partial charge < -0.3 is 20.0 Å². The van der Waals surface area contributed by atoms with Crippen molar-refractivity contribution in [1.29, 1.82) is 0 Å². The van der Waals surface area contributed by atoms with Gasteiger partial charge in [0.1, 0.15) is 5.82 Å². The normalized spacial score (nSPS) is 14.0. The lowest BCUT2D eigenvalue weighted by Gasteiger charge is -2.34. The molecule has 0 atom stereocenters. The lowest BCUT2D eigenvalue weighted by molar-refractivity contribution is -0.130. The average Bonchev–Trinajstić information content (AvgIpc) is 2.68. The van der Waals surface area contributed by atoms with Crippen LogP contribution in [0.5, 0.6) is 0 Å². The summed E-state index contributed by atoms with van der Waals surface area (Å²) in [6.45, 7) is 3.82. The van der Waals surface area contributed by atoms with Gasteiger partial charge in [0.15, 0.2) is 0 Å². The SMILES string of the molecule is CC(=O)N1CCN(C(=O)c2ccc(Nc3ccc(N(C)C)cc3)nc2)CC1. The topological polar surface area (TPSA) is 68.8 Å². The van der Waals surface area contributed by atoms with E-state index in [2.05, 4.69) is 10.3 Å². The molecule has 7 heteroatoms. The smallest absolute Gasteiger partial charge is 0.255 e. The van der Waals surface area contributed by atoms with E-state index in [9.17, 15) is 9.59 Å². The quantitative estimate of drug-likeness (QED) is 0.897. The maximum Gasteiger partial charge on any atom is 0.255 e. The van der Waals surface area contributed by atoms with Gasteiger partial charge in [-0.25, -0.2) is 4.98 Å². The molecular formula is C20H25N5O2. The van der Waals surface area contributed by atoms with Crippen molar-refractivity contribution < 1.29 is 9.59 Å². The van der Waals surface area contributed by atoms with Gasteiger partial charge in [-0.3, -0.25) is 9.59 Å². The van der Waals surface area contributed by atoms with Crippen molar-refractivity contribution in [2.45, 2.75) is 6.92 Å². The van der Waals surface area contributed by atoms with Crippen LogP contribution in [0.25, 0.3) is 0 Å². The van der Waals surface area contributed by atoms with E-state index in [1.165, 1.54) is 0 Å². The molecule has 0 spiro atoms. The molecule has 7 nitrogen and oxygen atoms in total. The molecule has 0 aliphatic carbocycles. The van der Waals surface area contributed by atoms with E-state index < -0.39 is 0 Å². The van der Waals surface area contributed by atoms with Crippen LogP contribution in [0.4, 0.5) is 17.2 Å². The molecule has 1 saturated heterocycles. The monoisotopic (exact) mass is 367 g/mol.